The van der Waals surface area contributed by atoms with E-state index in [-0.39, 0.29) is 28.6 Å². The lowest BCUT2D eigenvalue weighted by Gasteiger charge is -2.27. The van der Waals surface area contributed by atoms with Gasteiger partial charge in [-0.05, 0) is 55.0 Å². The molecule has 2 heterocycles. The molecule has 0 radical (unpaired) electrons. The first-order chi connectivity index (χ1) is 13.3. The smallest absolute Gasteiger partial charge is 0.335 e. The van der Waals surface area contributed by atoms with Crippen molar-refractivity contribution in [3.05, 3.63) is 65.4 Å². The summed E-state index contributed by atoms with van der Waals surface area (Å²) in [7, 11) is 0. The minimum Gasteiger partial charge on any atom is -0.478 e. The number of carbonyl (C=O) groups is 3. The van der Waals surface area contributed by atoms with E-state index in [4.69, 9.17) is 16.6 Å². The number of aromatic carboxylic acids is 1. The molecule has 1 aromatic heterocycles. The molecule has 0 atom stereocenters. The van der Waals surface area contributed by atoms with Gasteiger partial charge >= 0.3 is 5.97 Å². The first-order valence-corrected chi connectivity index (χ1v) is 8.66. The fourth-order valence-corrected chi connectivity index (χ4v) is 2.98. The number of amides is 2. The van der Waals surface area contributed by atoms with Crippen LogP contribution in [0.3, 0.4) is 0 Å². The lowest BCUT2D eigenvalue weighted by Crippen LogP contribution is -2.53. The maximum atomic E-state index is 12.5. The fraction of sp³-hybridized carbons (Fsp3) is 0.100. The van der Waals surface area contributed by atoms with Crippen molar-refractivity contribution in [3.63, 3.8) is 0 Å². The molecule has 1 aromatic carbocycles. The minimum absolute atomic E-state index is 0.0216. The van der Waals surface area contributed by atoms with Crippen LogP contribution in [0.15, 0.2) is 53.0 Å². The Morgan fingerprint density at radius 1 is 1.32 bits per heavy atom. The van der Waals surface area contributed by atoms with Gasteiger partial charge in [0.1, 0.15) is 17.1 Å². The molecule has 1 aliphatic heterocycles. The number of hydrogen-bond donors (Lipinski definition) is 2. The van der Waals surface area contributed by atoms with Crippen molar-refractivity contribution in [2.45, 2.75) is 6.92 Å². The molecule has 2 N–H and O–H groups in total. The molecule has 0 aliphatic carbocycles. The van der Waals surface area contributed by atoms with Crippen molar-refractivity contribution < 1.29 is 23.9 Å². The Bertz CT molecular complexity index is 1050. The third-order valence-electron chi connectivity index (χ3n) is 4.16. The van der Waals surface area contributed by atoms with Crippen LogP contribution in [-0.2, 0) is 9.59 Å². The number of carbonyl (C=O) groups excluding carboxylic acids is 2. The monoisotopic (exact) mass is 396 g/mol. The summed E-state index contributed by atoms with van der Waals surface area (Å²) >= 11 is 5.01. The van der Waals surface area contributed by atoms with Crippen molar-refractivity contribution in [1.29, 1.82) is 0 Å². The standard InChI is InChI=1S/C20H16N2O5S/c1-3-8-22-18(24)15(17(23)21-20(22)28)10-13-6-7-16(27-13)14-9-12(19(25)26)5-4-11(14)2/h3-7,9-10H,1,8H2,2H3,(H,25,26)(H,21,23,28)/b15-10+. The predicted octanol–water partition coefficient (Wildman–Crippen LogP) is 2.77. The molecule has 1 saturated heterocycles. The van der Waals surface area contributed by atoms with Gasteiger partial charge in [-0.1, -0.05) is 12.1 Å². The Morgan fingerprint density at radius 3 is 2.75 bits per heavy atom. The summed E-state index contributed by atoms with van der Waals surface area (Å²) in [5.74, 6) is -1.50. The maximum Gasteiger partial charge on any atom is 0.335 e. The molecule has 2 aromatic rings. The zero-order valence-corrected chi connectivity index (χ0v) is 15.7. The molecule has 142 valence electrons. The lowest BCUT2D eigenvalue weighted by molar-refractivity contribution is -0.128. The predicted molar refractivity (Wildman–Crippen MR) is 106 cm³/mol. The largest absolute Gasteiger partial charge is 0.478 e. The third-order valence-corrected chi connectivity index (χ3v) is 4.48. The second kappa shape index (κ2) is 7.61. The second-order valence-corrected chi connectivity index (χ2v) is 6.45. The molecule has 28 heavy (non-hydrogen) atoms. The van der Waals surface area contributed by atoms with E-state index in [1.165, 1.54) is 29.2 Å². The maximum absolute atomic E-state index is 12.5. The van der Waals surface area contributed by atoms with Crippen LogP contribution in [-0.4, -0.2) is 39.4 Å². The van der Waals surface area contributed by atoms with E-state index in [1.807, 2.05) is 6.92 Å². The minimum atomic E-state index is -1.04. The number of carboxylic acids is 1. The first-order valence-electron chi connectivity index (χ1n) is 8.25. The van der Waals surface area contributed by atoms with E-state index in [0.717, 1.165) is 5.56 Å². The molecule has 0 saturated carbocycles. The van der Waals surface area contributed by atoms with Gasteiger partial charge in [0.15, 0.2) is 5.11 Å². The number of nitrogens with one attached hydrogen (secondary N) is 1. The highest BCUT2D eigenvalue weighted by molar-refractivity contribution is 7.80. The summed E-state index contributed by atoms with van der Waals surface area (Å²) in [6.07, 6.45) is 2.83. The Labute approximate surface area is 165 Å². The van der Waals surface area contributed by atoms with Gasteiger partial charge in [0, 0.05) is 12.1 Å². The van der Waals surface area contributed by atoms with Crippen LogP contribution < -0.4 is 5.32 Å². The molecule has 0 unspecified atom stereocenters. The van der Waals surface area contributed by atoms with Crippen molar-refractivity contribution in [3.8, 4) is 11.3 Å². The molecule has 2 amide bonds. The van der Waals surface area contributed by atoms with Gasteiger partial charge < -0.3 is 9.52 Å². The summed E-state index contributed by atoms with van der Waals surface area (Å²) in [5.41, 5.74) is 1.45. The number of benzene rings is 1. The van der Waals surface area contributed by atoms with Gasteiger partial charge in [0.25, 0.3) is 11.8 Å². The number of carboxylic acid groups (broad SMARTS) is 1. The second-order valence-electron chi connectivity index (χ2n) is 6.06. The summed E-state index contributed by atoms with van der Waals surface area (Å²) < 4.78 is 5.73. The first kappa shape index (κ1) is 19.2. The quantitative estimate of drug-likeness (QED) is 0.349. The van der Waals surface area contributed by atoms with Gasteiger partial charge in [-0.3, -0.25) is 19.8 Å². The van der Waals surface area contributed by atoms with Crippen LogP contribution in [0.1, 0.15) is 21.7 Å². The lowest BCUT2D eigenvalue weighted by atomic mass is 10.0. The number of aryl methyl sites for hydroxylation is 1. The number of thiocarbonyl (C=S) groups is 1. The van der Waals surface area contributed by atoms with Crippen LogP contribution in [0.25, 0.3) is 17.4 Å². The molecular weight excluding hydrogens is 380 g/mol. The zero-order valence-electron chi connectivity index (χ0n) is 14.9. The van der Waals surface area contributed by atoms with Crippen LogP contribution in [0.5, 0.6) is 0 Å². The van der Waals surface area contributed by atoms with Gasteiger partial charge in [-0.15, -0.1) is 6.58 Å². The Kier molecular flexibility index (Phi) is 5.23. The van der Waals surface area contributed by atoms with Crippen molar-refractivity contribution in [2.24, 2.45) is 0 Å². The summed E-state index contributed by atoms with van der Waals surface area (Å²) in [5, 5.41) is 11.7. The normalized spacial score (nSPS) is 15.7. The van der Waals surface area contributed by atoms with Crippen LogP contribution in [0.4, 0.5) is 0 Å². The van der Waals surface area contributed by atoms with Crippen LogP contribution >= 0.6 is 12.2 Å². The topological polar surface area (TPSA) is 99.8 Å². The number of nitrogens with zero attached hydrogens (tertiary/aromatic N) is 1. The average Bonchev–Trinajstić information content (AvgIpc) is 3.11. The van der Waals surface area contributed by atoms with Gasteiger partial charge in [0.05, 0.1) is 5.56 Å². The number of hydrogen-bond acceptors (Lipinski definition) is 5. The molecular formula is C20H16N2O5S. The summed E-state index contributed by atoms with van der Waals surface area (Å²) in [4.78, 5) is 37.1. The van der Waals surface area contributed by atoms with Gasteiger partial charge in [0.2, 0.25) is 0 Å². The van der Waals surface area contributed by atoms with Crippen LogP contribution in [0, 0.1) is 6.92 Å². The average molecular weight is 396 g/mol. The molecule has 3 rings (SSSR count). The highest BCUT2D eigenvalue weighted by Gasteiger charge is 2.32. The highest BCUT2D eigenvalue weighted by atomic mass is 32.1. The van der Waals surface area contributed by atoms with Gasteiger partial charge in [-0.2, -0.15) is 0 Å². The Morgan fingerprint density at radius 2 is 2.07 bits per heavy atom. The molecule has 8 heteroatoms. The number of rotatable bonds is 5. The highest BCUT2D eigenvalue weighted by Crippen LogP contribution is 2.28. The zero-order chi connectivity index (χ0) is 20.4. The molecule has 0 bridgehead atoms. The Hall–Kier alpha value is -3.52. The van der Waals surface area contributed by atoms with E-state index < -0.39 is 17.8 Å². The van der Waals surface area contributed by atoms with E-state index in [1.54, 1.807) is 18.2 Å². The fourth-order valence-electron chi connectivity index (χ4n) is 2.73. The molecule has 0 spiro atoms. The van der Waals surface area contributed by atoms with Crippen molar-refractivity contribution in [1.82, 2.24) is 10.2 Å². The molecule has 1 fully saturated rings. The molecule has 7 nitrogen and oxygen atoms in total. The summed E-state index contributed by atoms with van der Waals surface area (Å²) in [6, 6.07) is 7.95. The van der Waals surface area contributed by atoms with E-state index in [2.05, 4.69) is 11.9 Å². The summed E-state index contributed by atoms with van der Waals surface area (Å²) in [6.45, 7) is 5.56. The SMILES string of the molecule is C=CCN1C(=O)/C(=C/c2ccc(-c3cc(C(=O)O)ccc3C)o2)C(=O)NC1=S. The van der Waals surface area contributed by atoms with Crippen molar-refractivity contribution in [2.75, 3.05) is 6.54 Å². The van der Waals surface area contributed by atoms with Crippen molar-refractivity contribution >= 4 is 41.2 Å². The van der Waals surface area contributed by atoms with Crippen LogP contribution in [0.2, 0.25) is 0 Å². The van der Waals surface area contributed by atoms with E-state index >= 15 is 0 Å². The van der Waals surface area contributed by atoms with E-state index in [9.17, 15) is 19.5 Å². The molecule has 1 aliphatic rings. The Balaban J connectivity index is 1.96. The number of furan rings is 1. The third kappa shape index (κ3) is 3.63. The van der Waals surface area contributed by atoms with Gasteiger partial charge in [-0.25, -0.2) is 4.79 Å². The van der Waals surface area contributed by atoms with E-state index in [0.29, 0.717) is 11.3 Å².